The van der Waals surface area contributed by atoms with Crippen molar-refractivity contribution >= 4 is 5.65 Å². The van der Waals surface area contributed by atoms with E-state index < -0.39 is 6.36 Å². The van der Waals surface area contributed by atoms with Crippen molar-refractivity contribution in [2.24, 2.45) is 0 Å². The van der Waals surface area contributed by atoms with Gasteiger partial charge >= 0.3 is 6.36 Å². The second-order valence-corrected chi connectivity index (χ2v) is 5.86. The molecule has 3 aromatic heterocycles. The molecule has 0 amide bonds. The standard InChI is InChI=1S/C19H13F3N4O2/c1-27-16-8-14(9-23-10-16)13-5-6-17-24-25-18(26(17)11-13)12-3-2-4-15(7-12)28-19(20,21)22/h2-11H,1H3. The second-order valence-electron chi connectivity index (χ2n) is 5.86. The molecule has 0 saturated heterocycles. The van der Waals surface area contributed by atoms with Crippen LogP contribution < -0.4 is 9.47 Å². The largest absolute Gasteiger partial charge is 0.573 e. The average molecular weight is 386 g/mol. The number of nitrogens with zero attached hydrogens (tertiary/aromatic N) is 4. The lowest BCUT2D eigenvalue weighted by Crippen LogP contribution is -2.17. The molecule has 0 radical (unpaired) electrons. The van der Waals surface area contributed by atoms with Gasteiger partial charge in [0, 0.05) is 29.1 Å². The van der Waals surface area contributed by atoms with E-state index in [4.69, 9.17) is 4.74 Å². The fraction of sp³-hybridized carbons (Fsp3) is 0.105. The number of rotatable bonds is 4. The Labute approximate surface area is 157 Å². The molecule has 4 aromatic rings. The van der Waals surface area contributed by atoms with Crippen LogP contribution in [0.5, 0.6) is 11.5 Å². The van der Waals surface area contributed by atoms with Gasteiger partial charge in [0.1, 0.15) is 11.5 Å². The van der Waals surface area contributed by atoms with Crippen LogP contribution in [-0.4, -0.2) is 33.1 Å². The minimum atomic E-state index is -4.77. The van der Waals surface area contributed by atoms with Gasteiger partial charge in [0.25, 0.3) is 0 Å². The highest BCUT2D eigenvalue weighted by Gasteiger charge is 2.31. The van der Waals surface area contributed by atoms with E-state index in [-0.39, 0.29) is 5.75 Å². The Bertz CT molecular complexity index is 1140. The molecule has 0 aliphatic heterocycles. The Morgan fingerprint density at radius 3 is 2.50 bits per heavy atom. The molecule has 4 rings (SSSR count). The molecule has 3 heterocycles. The summed E-state index contributed by atoms with van der Waals surface area (Å²) in [5.41, 5.74) is 2.63. The summed E-state index contributed by atoms with van der Waals surface area (Å²) in [6, 6.07) is 11.1. The Morgan fingerprint density at radius 1 is 0.893 bits per heavy atom. The molecule has 0 bridgehead atoms. The summed E-state index contributed by atoms with van der Waals surface area (Å²) in [7, 11) is 1.55. The SMILES string of the molecule is COc1cncc(-c2ccc3nnc(-c4cccc(OC(F)(F)F)c4)n3c2)c1. The van der Waals surface area contributed by atoms with E-state index in [1.807, 2.05) is 12.1 Å². The van der Waals surface area contributed by atoms with Crippen LogP contribution >= 0.6 is 0 Å². The number of hydrogen-bond acceptors (Lipinski definition) is 5. The molecule has 0 fully saturated rings. The summed E-state index contributed by atoms with van der Waals surface area (Å²) in [5.74, 6) is 0.675. The van der Waals surface area contributed by atoms with Gasteiger partial charge in [-0.15, -0.1) is 23.4 Å². The monoisotopic (exact) mass is 386 g/mol. The van der Waals surface area contributed by atoms with Gasteiger partial charge < -0.3 is 9.47 Å². The zero-order valence-corrected chi connectivity index (χ0v) is 14.5. The van der Waals surface area contributed by atoms with E-state index in [1.165, 1.54) is 18.2 Å². The first-order valence-electron chi connectivity index (χ1n) is 8.13. The van der Waals surface area contributed by atoms with Crippen molar-refractivity contribution < 1.29 is 22.6 Å². The van der Waals surface area contributed by atoms with Crippen LogP contribution in [-0.2, 0) is 0 Å². The van der Waals surface area contributed by atoms with Gasteiger partial charge in [-0.25, -0.2) is 0 Å². The van der Waals surface area contributed by atoms with Gasteiger partial charge in [0.15, 0.2) is 11.5 Å². The van der Waals surface area contributed by atoms with Crippen LogP contribution in [0.1, 0.15) is 0 Å². The lowest BCUT2D eigenvalue weighted by Gasteiger charge is -2.10. The molecule has 0 unspecified atom stereocenters. The molecule has 0 aliphatic rings. The number of hydrogen-bond donors (Lipinski definition) is 0. The van der Waals surface area contributed by atoms with Gasteiger partial charge in [0.05, 0.1) is 13.3 Å². The van der Waals surface area contributed by atoms with Gasteiger partial charge in [-0.05, 0) is 30.3 Å². The molecule has 0 atom stereocenters. The Balaban J connectivity index is 1.77. The maximum Gasteiger partial charge on any atom is 0.573 e. The Kier molecular flexibility index (Phi) is 4.34. The topological polar surface area (TPSA) is 61.5 Å². The number of halogens is 3. The van der Waals surface area contributed by atoms with Crippen LogP contribution in [0, 0.1) is 0 Å². The number of aromatic nitrogens is 4. The molecule has 0 aliphatic carbocycles. The Hall–Kier alpha value is -3.62. The third kappa shape index (κ3) is 3.59. The van der Waals surface area contributed by atoms with Crippen LogP contribution in [0.25, 0.3) is 28.2 Å². The minimum Gasteiger partial charge on any atom is -0.495 e. The van der Waals surface area contributed by atoms with Crippen molar-refractivity contribution in [1.82, 2.24) is 19.6 Å². The number of ether oxygens (including phenoxy) is 2. The molecule has 9 heteroatoms. The van der Waals surface area contributed by atoms with E-state index in [2.05, 4.69) is 19.9 Å². The third-order valence-electron chi connectivity index (χ3n) is 4.01. The number of alkyl halides is 3. The van der Waals surface area contributed by atoms with Crippen molar-refractivity contribution in [2.45, 2.75) is 6.36 Å². The summed E-state index contributed by atoms with van der Waals surface area (Å²) in [6.45, 7) is 0. The highest BCUT2D eigenvalue weighted by Crippen LogP contribution is 2.29. The quantitative estimate of drug-likeness (QED) is 0.521. The molecular formula is C19H13F3N4O2. The maximum absolute atomic E-state index is 12.5. The summed E-state index contributed by atoms with van der Waals surface area (Å²) in [4.78, 5) is 4.14. The van der Waals surface area contributed by atoms with E-state index in [0.29, 0.717) is 22.8 Å². The first-order chi connectivity index (χ1) is 13.4. The van der Waals surface area contributed by atoms with Crippen molar-refractivity contribution in [3.8, 4) is 34.0 Å². The first kappa shape index (κ1) is 17.8. The molecule has 28 heavy (non-hydrogen) atoms. The van der Waals surface area contributed by atoms with Crippen molar-refractivity contribution in [3.05, 3.63) is 61.1 Å². The molecule has 0 N–H and O–H groups in total. The highest BCUT2D eigenvalue weighted by molar-refractivity contribution is 5.68. The van der Waals surface area contributed by atoms with Gasteiger partial charge in [-0.1, -0.05) is 12.1 Å². The molecule has 0 saturated carbocycles. The van der Waals surface area contributed by atoms with Gasteiger partial charge in [-0.2, -0.15) is 0 Å². The van der Waals surface area contributed by atoms with E-state index in [0.717, 1.165) is 11.1 Å². The summed E-state index contributed by atoms with van der Waals surface area (Å²) < 4.78 is 48.4. The number of benzene rings is 1. The number of pyridine rings is 2. The summed E-state index contributed by atoms with van der Waals surface area (Å²) >= 11 is 0. The normalized spacial score (nSPS) is 11.6. The van der Waals surface area contributed by atoms with E-state index in [1.54, 1.807) is 42.2 Å². The van der Waals surface area contributed by atoms with Crippen LogP contribution in [0.4, 0.5) is 13.2 Å². The van der Waals surface area contributed by atoms with Crippen LogP contribution in [0.3, 0.4) is 0 Å². The average Bonchev–Trinajstić information content (AvgIpc) is 3.10. The maximum atomic E-state index is 12.5. The molecule has 0 spiro atoms. The summed E-state index contributed by atoms with van der Waals surface area (Å²) in [5, 5.41) is 8.18. The third-order valence-corrected chi connectivity index (χ3v) is 4.01. The van der Waals surface area contributed by atoms with Crippen LogP contribution in [0.2, 0.25) is 0 Å². The Morgan fingerprint density at radius 2 is 1.71 bits per heavy atom. The zero-order valence-electron chi connectivity index (χ0n) is 14.5. The number of fused-ring (bicyclic) bond motifs is 1. The first-order valence-corrected chi connectivity index (χ1v) is 8.13. The zero-order chi connectivity index (χ0) is 19.7. The van der Waals surface area contributed by atoms with Gasteiger partial charge in [-0.3, -0.25) is 9.38 Å². The smallest absolute Gasteiger partial charge is 0.495 e. The van der Waals surface area contributed by atoms with E-state index in [9.17, 15) is 13.2 Å². The van der Waals surface area contributed by atoms with E-state index >= 15 is 0 Å². The van der Waals surface area contributed by atoms with Crippen molar-refractivity contribution in [2.75, 3.05) is 7.11 Å². The summed E-state index contributed by atoms with van der Waals surface area (Å²) in [6.07, 6.45) is 0.306. The fourth-order valence-corrected chi connectivity index (χ4v) is 2.78. The molecule has 1 aromatic carbocycles. The highest BCUT2D eigenvalue weighted by atomic mass is 19.4. The lowest BCUT2D eigenvalue weighted by atomic mass is 10.1. The van der Waals surface area contributed by atoms with Crippen molar-refractivity contribution in [1.29, 1.82) is 0 Å². The van der Waals surface area contributed by atoms with Gasteiger partial charge in [0.2, 0.25) is 0 Å². The fourth-order valence-electron chi connectivity index (χ4n) is 2.78. The van der Waals surface area contributed by atoms with Crippen molar-refractivity contribution in [3.63, 3.8) is 0 Å². The van der Waals surface area contributed by atoms with Crippen LogP contribution in [0.15, 0.2) is 61.1 Å². The predicted molar refractivity (Wildman–Crippen MR) is 94.9 cm³/mol. The molecular weight excluding hydrogens is 373 g/mol. The predicted octanol–water partition coefficient (Wildman–Crippen LogP) is 4.37. The second kappa shape index (κ2) is 6.84. The minimum absolute atomic E-state index is 0.324. The molecule has 6 nitrogen and oxygen atoms in total. The molecule has 142 valence electrons. The number of methoxy groups -OCH3 is 1. The lowest BCUT2D eigenvalue weighted by molar-refractivity contribution is -0.274.